The molecule has 0 aliphatic heterocycles. The first-order valence-corrected chi connectivity index (χ1v) is 7.15. The Hall–Kier alpha value is -1.60. The highest BCUT2D eigenvalue weighted by molar-refractivity contribution is 5.19. The van der Waals surface area contributed by atoms with Crippen LogP contribution in [0.4, 0.5) is 0 Å². The lowest BCUT2D eigenvalue weighted by Gasteiger charge is -2.14. The fraction of sp³-hybridized carbons (Fsp3) is 0.625. The molecule has 0 bridgehead atoms. The lowest BCUT2D eigenvalue weighted by molar-refractivity contribution is 0.283. The Morgan fingerprint density at radius 2 is 2.15 bits per heavy atom. The van der Waals surface area contributed by atoms with E-state index in [1.807, 2.05) is 26.0 Å². The van der Waals surface area contributed by atoms with Crippen molar-refractivity contribution in [2.24, 2.45) is 5.41 Å². The second-order valence-corrected chi connectivity index (χ2v) is 5.97. The van der Waals surface area contributed by atoms with Gasteiger partial charge >= 0.3 is 0 Å². The van der Waals surface area contributed by atoms with E-state index in [4.69, 9.17) is 10.00 Å². The molecule has 0 radical (unpaired) electrons. The average Bonchev–Trinajstić information content (AvgIpc) is 2.42. The van der Waals surface area contributed by atoms with Gasteiger partial charge in [0, 0.05) is 12.6 Å². The van der Waals surface area contributed by atoms with Gasteiger partial charge in [0.2, 0.25) is 0 Å². The zero-order chi connectivity index (χ0) is 15.0. The number of rotatable bonds is 8. The van der Waals surface area contributed by atoms with Gasteiger partial charge in [-0.1, -0.05) is 13.8 Å². The maximum absolute atomic E-state index is 8.92. The molecule has 0 unspecified atom stereocenters. The summed E-state index contributed by atoms with van der Waals surface area (Å²) >= 11 is 0. The van der Waals surface area contributed by atoms with Gasteiger partial charge in [-0.15, -0.1) is 0 Å². The second kappa shape index (κ2) is 7.86. The van der Waals surface area contributed by atoms with E-state index in [0.29, 0.717) is 12.6 Å². The smallest absolute Gasteiger partial charge is 0.137 e. The molecule has 20 heavy (non-hydrogen) atoms. The first-order valence-electron chi connectivity index (χ1n) is 7.15. The van der Waals surface area contributed by atoms with E-state index in [1.165, 1.54) is 0 Å². The summed E-state index contributed by atoms with van der Waals surface area (Å²) in [6.07, 6.45) is 3.47. The summed E-state index contributed by atoms with van der Waals surface area (Å²) in [6.45, 7) is 9.52. The van der Waals surface area contributed by atoms with E-state index in [-0.39, 0.29) is 5.41 Å². The van der Waals surface area contributed by atoms with Gasteiger partial charge in [-0.3, -0.25) is 4.98 Å². The molecule has 1 aromatic rings. The van der Waals surface area contributed by atoms with Crippen molar-refractivity contribution in [3.05, 3.63) is 24.0 Å². The summed E-state index contributed by atoms with van der Waals surface area (Å²) in [7, 11) is 0. The highest BCUT2D eigenvalue weighted by Gasteiger charge is 2.15. The normalized spacial score (nSPS) is 11.4. The van der Waals surface area contributed by atoms with E-state index < -0.39 is 0 Å². The van der Waals surface area contributed by atoms with Crippen molar-refractivity contribution < 1.29 is 4.74 Å². The molecule has 0 saturated heterocycles. The first-order chi connectivity index (χ1) is 9.43. The van der Waals surface area contributed by atoms with Crippen molar-refractivity contribution in [1.82, 2.24) is 10.3 Å². The maximum atomic E-state index is 8.92. The Morgan fingerprint density at radius 3 is 2.70 bits per heavy atom. The lowest BCUT2D eigenvalue weighted by atomic mass is 9.90. The van der Waals surface area contributed by atoms with Gasteiger partial charge in [-0.2, -0.15) is 5.26 Å². The predicted octanol–water partition coefficient (Wildman–Crippen LogP) is 3.29. The summed E-state index contributed by atoms with van der Waals surface area (Å²) in [5.41, 5.74) is 0.741. The number of nitriles is 1. The van der Waals surface area contributed by atoms with Crippen molar-refractivity contribution in [3.63, 3.8) is 0 Å². The Labute approximate surface area is 122 Å². The van der Waals surface area contributed by atoms with Crippen LogP contribution >= 0.6 is 0 Å². The molecule has 110 valence electrons. The van der Waals surface area contributed by atoms with Crippen LogP contribution in [0.25, 0.3) is 0 Å². The van der Waals surface area contributed by atoms with E-state index in [0.717, 1.165) is 30.8 Å². The van der Waals surface area contributed by atoms with Crippen LogP contribution in [0, 0.1) is 16.7 Å². The lowest BCUT2D eigenvalue weighted by Crippen LogP contribution is -2.22. The highest BCUT2D eigenvalue weighted by atomic mass is 16.5. The largest absolute Gasteiger partial charge is 0.492 e. The van der Waals surface area contributed by atoms with Gasteiger partial charge in [0.05, 0.1) is 30.0 Å². The minimum atomic E-state index is -0.270. The van der Waals surface area contributed by atoms with Crippen molar-refractivity contribution in [2.75, 3.05) is 6.61 Å². The minimum absolute atomic E-state index is 0.270. The van der Waals surface area contributed by atoms with E-state index in [2.05, 4.69) is 30.2 Å². The number of pyridine rings is 1. The Bertz CT molecular complexity index is 432. The molecular formula is C16H25N3O. The van der Waals surface area contributed by atoms with Crippen LogP contribution < -0.4 is 10.1 Å². The van der Waals surface area contributed by atoms with Crippen LogP contribution in [0.3, 0.4) is 0 Å². The first kappa shape index (κ1) is 16.5. The monoisotopic (exact) mass is 275 g/mol. The Kier molecular flexibility index (Phi) is 6.47. The third-order valence-electron chi connectivity index (χ3n) is 3.01. The molecule has 1 heterocycles. The van der Waals surface area contributed by atoms with Crippen LogP contribution in [-0.2, 0) is 6.54 Å². The number of aromatic nitrogens is 1. The van der Waals surface area contributed by atoms with Gasteiger partial charge in [-0.25, -0.2) is 0 Å². The molecule has 0 spiro atoms. The Morgan fingerprint density at radius 1 is 1.40 bits per heavy atom. The third kappa shape index (κ3) is 6.53. The van der Waals surface area contributed by atoms with Gasteiger partial charge in [0.15, 0.2) is 0 Å². The molecule has 4 heteroatoms. The van der Waals surface area contributed by atoms with E-state index in [1.54, 1.807) is 6.20 Å². The van der Waals surface area contributed by atoms with E-state index >= 15 is 0 Å². The Balaban J connectivity index is 2.30. The molecule has 1 rings (SSSR count). The number of nitrogens with one attached hydrogen (secondary N) is 1. The molecule has 0 aliphatic carbocycles. The van der Waals surface area contributed by atoms with Crippen LogP contribution in [0.5, 0.6) is 5.75 Å². The van der Waals surface area contributed by atoms with Gasteiger partial charge in [-0.05, 0) is 38.8 Å². The highest BCUT2D eigenvalue weighted by Crippen LogP contribution is 2.20. The SMILES string of the molecule is CC(C)NCc1ccc(OCCCC(C)(C)C#N)cn1. The summed E-state index contributed by atoms with van der Waals surface area (Å²) < 4.78 is 5.63. The number of hydrogen-bond donors (Lipinski definition) is 1. The molecule has 4 nitrogen and oxygen atoms in total. The van der Waals surface area contributed by atoms with Gasteiger partial charge in [0.25, 0.3) is 0 Å². The topological polar surface area (TPSA) is 57.9 Å². The fourth-order valence-corrected chi connectivity index (χ4v) is 1.67. The molecular weight excluding hydrogens is 250 g/mol. The summed E-state index contributed by atoms with van der Waals surface area (Å²) in [6, 6.07) is 6.67. The molecule has 0 saturated carbocycles. The maximum Gasteiger partial charge on any atom is 0.137 e. The molecule has 0 aromatic carbocycles. The van der Waals surface area contributed by atoms with Crippen molar-refractivity contribution in [3.8, 4) is 11.8 Å². The molecule has 1 aromatic heterocycles. The molecule has 0 atom stereocenters. The average molecular weight is 275 g/mol. The fourth-order valence-electron chi connectivity index (χ4n) is 1.67. The standard InChI is InChI=1S/C16H25N3O/c1-13(2)18-10-14-6-7-15(11-19-14)20-9-5-8-16(3,4)12-17/h6-7,11,13,18H,5,8-10H2,1-4H3. The quantitative estimate of drug-likeness (QED) is 0.740. The summed E-state index contributed by atoms with van der Waals surface area (Å²) in [5.74, 6) is 0.785. The van der Waals surface area contributed by atoms with Crippen LogP contribution in [0.15, 0.2) is 18.3 Å². The zero-order valence-electron chi connectivity index (χ0n) is 12.9. The van der Waals surface area contributed by atoms with Crippen molar-refractivity contribution in [2.45, 2.75) is 53.1 Å². The van der Waals surface area contributed by atoms with Crippen LogP contribution in [0.2, 0.25) is 0 Å². The zero-order valence-corrected chi connectivity index (χ0v) is 12.9. The van der Waals surface area contributed by atoms with Crippen LogP contribution in [-0.4, -0.2) is 17.6 Å². The molecule has 1 N–H and O–H groups in total. The van der Waals surface area contributed by atoms with Gasteiger partial charge in [0.1, 0.15) is 5.75 Å². The number of ether oxygens (including phenoxy) is 1. The predicted molar refractivity (Wildman–Crippen MR) is 80.3 cm³/mol. The summed E-state index contributed by atoms with van der Waals surface area (Å²) in [5, 5.41) is 12.2. The molecule has 0 aliphatic rings. The summed E-state index contributed by atoms with van der Waals surface area (Å²) in [4.78, 5) is 4.35. The molecule has 0 amide bonds. The van der Waals surface area contributed by atoms with Gasteiger partial charge < -0.3 is 10.1 Å². The number of nitrogens with zero attached hydrogens (tertiary/aromatic N) is 2. The third-order valence-corrected chi connectivity index (χ3v) is 3.01. The van der Waals surface area contributed by atoms with Crippen LogP contribution in [0.1, 0.15) is 46.2 Å². The number of hydrogen-bond acceptors (Lipinski definition) is 4. The van der Waals surface area contributed by atoms with E-state index in [9.17, 15) is 0 Å². The van der Waals surface area contributed by atoms with Crippen molar-refractivity contribution in [1.29, 1.82) is 5.26 Å². The minimum Gasteiger partial charge on any atom is -0.492 e. The second-order valence-electron chi connectivity index (χ2n) is 5.97. The van der Waals surface area contributed by atoms with Crippen molar-refractivity contribution >= 4 is 0 Å². The molecule has 0 fully saturated rings.